The van der Waals surface area contributed by atoms with Gasteiger partial charge in [0.25, 0.3) is 11.7 Å². The van der Waals surface area contributed by atoms with Gasteiger partial charge >= 0.3 is 0 Å². The maximum Gasteiger partial charge on any atom is 0.295 e. The first-order chi connectivity index (χ1) is 15.3. The van der Waals surface area contributed by atoms with Crippen molar-refractivity contribution < 1.29 is 29.3 Å². The molecule has 2 aromatic rings. The number of ketones is 1. The van der Waals surface area contributed by atoms with E-state index in [9.17, 15) is 19.8 Å². The number of ether oxygens (including phenoxy) is 2. The molecule has 0 aromatic heterocycles. The number of amides is 1. The molecule has 1 unspecified atom stereocenters. The molecule has 2 aromatic carbocycles. The fourth-order valence-electron chi connectivity index (χ4n) is 3.66. The van der Waals surface area contributed by atoms with E-state index in [0.717, 1.165) is 0 Å². The van der Waals surface area contributed by atoms with Gasteiger partial charge in [-0.3, -0.25) is 9.59 Å². The van der Waals surface area contributed by atoms with Crippen molar-refractivity contribution >= 4 is 17.4 Å². The van der Waals surface area contributed by atoms with E-state index in [-0.39, 0.29) is 29.4 Å². The van der Waals surface area contributed by atoms with E-state index in [4.69, 9.17) is 9.47 Å². The molecule has 0 bridgehead atoms. The van der Waals surface area contributed by atoms with Crippen LogP contribution < -0.4 is 9.47 Å². The number of likely N-dealkylation sites (tertiary alicyclic amines) is 1. The van der Waals surface area contributed by atoms with Crippen molar-refractivity contribution in [2.75, 3.05) is 40.9 Å². The van der Waals surface area contributed by atoms with Gasteiger partial charge in [0.2, 0.25) is 0 Å². The van der Waals surface area contributed by atoms with Crippen molar-refractivity contribution in [1.29, 1.82) is 0 Å². The Kier molecular flexibility index (Phi) is 7.05. The molecule has 32 heavy (non-hydrogen) atoms. The van der Waals surface area contributed by atoms with Crippen LogP contribution in [0.1, 0.15) is 24.1 Å². The Balaban J connectivity index is 2.18. The predicted octanol–water partition coefficient (Wildman–Crippen LogP) is 2.78. The molecule has 0 spiro atoms. The number of hydrogen-bond acceptors (Lipinski definition) is 7. The minimum Gasteiger partial charge on any atom is -0.507 e. The Hall–Kier alpha value is -3.52. The molecule has 1 fully saturated rings. The van der Waals surface area contributed by atoms with Crippen LogP contribution in [0.2, 0.25) is 0 Å². The summed E-state index contributed by atoms with van der Waals surface area (Å²) in [7, 11) is 5.25. The third-order valence-electron chi connectivity index (χ3n) is 5.27. The summed E-state index contributed by atoms with van der Waals surface area (Å²) >= 11 is 0. The summed E-state index contributed by atoms with van der Waals surface area (Å²) in [6.07, 6.45) is 0. The zero-order valence-corrected chi connectivity index (χ0v) is 18.7. The van der Waals surface area contributed by atoms with E-state index < -0.39 is 17.7 Å². The van der Waals surface area contributed by atoms with Gasteiger partial charge < -0.3 is 29.5 Å². The van der Waals surface area contributed by atoms with E-state index >= 15 is 0 Å². The van der Waals surface area contributed by atoms with Gasteiger partial charge in [0.15, 0.2) is 11.5 Å². The van der Waals surface area contributed by atoms with Crippen LogP contribution in [0, 0.1) is 0 Å². The molecule has 8 nitrogen and oxygen atoms in total. The Morgan fingerprint density at radius 3 is 2.56 bits per heavy atom. The minimum absolute atomic E-state index is 0.0184. The number of aromatic hydroxyl groups is 1. The highest BCUT2D eigenvalue weighted by Crippen LogP contribution is 2.41. The van der Waals surface area contributed by atoms with Crippen molar-refractivity contribution in [3.63, 3.8) is 0 Å². The third kappa shape index (κ3) is 4.55. The lowest BCUT2D eigenvalue weighted by Gasteiger charge is -2.27. The number of benzene rings is 2. The summed E-state index contributed by atoms with van der Waals surface area (Å²) < 4.78 is 10.7. The maximum absolute atomic E-state index is 13.1. The Morgan fingerprint density at radius 1 is 1.16 bits per heavy atom. The van der Waals surface area contributed by atoms with E-state index in [0.29, 0.717) is 30.0 Å². The number of nitrogens with zero attached hydrogens (tertiary/aromatic N) is 2. The smallest absolute Gasteiger partial charge is 0.295 e. The van der Waals surface area contributed by atoms with Gasteiger partial charge in [-0.1, -0.05) is 18.2 Å². The number of rotatable bonds is 8. The topological polar surface area (TPSA) is 99.5 Å². The first kappa shape index (κ1) is 23.1. The molecule has 0 radical (unpaired) electrons. The van der Waals surface area contributed by atoms with E-state index in [1.54, 1.807) is 43.3 Å². The summed E-state index contributed by atoms with van der Waals surface area (Å²) in [4.78, 5) is 29.4. The van der Waals surface area contributed by atoms with Gasteiger partial charge in [0, 0.05) is 18.7 Å². The van der Waals surface area contributed by atoms with Crippen LogP contribution in [0.15, 0.2) is 48.0 Å². The molecule has 1 amide bonds. The lowest BCUT2D eigenvalue weighted by Crippen LogP contribution is -2.35. The number of hydrogen-bond donors (Lipinski definition) is 2. The van der Waals surface area contributed by atoms with Crippen LogP contribution in [-0.2, 0) is 9.59 Å². The number of likely N-dealkylation sites (N-methyl/N-ethyl adjacent to an activating group) is 1. The highest BCUT2D eigenvalue weighted by Gasteiger charge is 2.46. The lowest BCUT2D eigenvalue weighted by atomic mass is 9.95. The number of phenols is 1. The fraction of sp³-hybridized carbons (Fsp3) is 0.333. The van der Waals surface area contributed by atoms with Gasteiger partial charge in [-0.15, -0.1) is 0 Å². The largest absolute Gasteiger partial charge is 0.507 e. The Morgan fingerprint density at radius 2 is 1.91 bits per heavy atom. The highest BCUT2D eigenvalue weighted by atomic mass is 16.5. The second-order valence-electron chi connectivity index (χ2n) is 7.69. The van der Waals surface area contributed by atoms with E-state index in [2.05, 4.69) is 0 Å². The van der Waals surface area contributed by atoms with E-state index in [1.807, 2.05) is 19.0 Å². The fourth-order valence-corrected chi connectivity index (χ4v) is 3.66. The lowest BCUT2D eigenvalue weighted by molar-refractivity contribution is -0.140. The Labute approximate surface area is 187 Å². The minimum atomic E-state index is -0.832. The quantitative estimate of drug-likeness (QED) is 0.370. The van der Waals surface area contributed by atoms with Crippen LogP contribution in [0.25, 0.3) is 5.76 Å². The van der Waals surface area contributed by atoms with Crippen molar-refractivity contribution in [3.8, 4) is 17.2 Å². The number of aliphatic hydroxyl groups is 1. The standard InChI is InChI=1S/C24H28N2O6/c1-5-32-19-14-15(9-10-18(19)27)21-20(22(28)16-7-6-8-17(13-16)31-4)23(29)24(30)26(21)12-11-25(2)3/h6-10,13-14,21,27-28H,5,11-12H2,1-4H3/b22-20-. The van der Waals surface area contributed by atoms with Crippen LogP contribution in [0.4, 0.5) is 0 Å². The van der Waals surface area contributed by atoms with E-state index in [1.165, 1.54) is 18.1 Å². The molecule has 1 aliphatic rings. The normalized spacial score (nSPS) is 17.8. The summed E-state index contributed by atoms with van der Waals surface area (Å²) in [5, 5.41) is 21.2. The SMILES string of the molecule is CCOc1cc(C2/C(=C(/O)c3cccc(OC)c3)C(=O)C(=O)N2CCN(C)C)ccc1O. The molecule has 2 N–H and O–H groups in total. The second kappa shape index (κ2) is 9.74. The molecule has 0 saturated carbocycles. The number of phenolic OH excluding ortho intramolecular Hbond substituents is 1. The van der Waals surface area contributed by atoms with Gasteiger partial charge in [-0.25, -0.2) is 0 Å². The summed E-state index contributed by atoms with van der Waals surface area (Å²) in [6, 6.07) is 10.5. The Bertz CT molecular complexity index is 1050. The average molecular weight is 440 g/mol. The summed E-state index contributed by atoms with van der Waals surface area (Å²) in [6.45, 7) is 2.93. The number of carbonyl (C=O) groups excluding carboxylic acids is 2. The van der Waals surface area contributed by atoms with Crippen LogP contribution >= 0.6 is 0 Å². The predicted molar refractivity (Wildman–Crippen MR) is 120 cm³/mol. The number of carbonyl (C=O) groups is 2. The van der Waals surface area contributed by atoms with Crippen molar-refractivity contribution in [1.82, 2.24) is 9.80 Å². The third-order valence-corrected chi connectivity index (χ3v) is 5.27. The summed E-state index contributed by atoms with van der Waals surface area (Å²) in [5.74, 6) is -1.04. The first-order valence-electron chi connectivity index (χ1n) is 10.3. The van der Waals surface area contributed by atoms with Crippen LogP contribution in [0.3, 0.4) is 0 Å². The molecule has 170 valence electrons. The van der Waals surface area contributed by atoms with Crippen LogP contribution in [-0.4, -0.2) is 72.6 Å². The first-order valence-corrected chi connectivity index (χ1v) is 10.3. The number of aliphatic hydroxyl groups excluding tert-OH is 1. The zero-order chi connectivity index (χ0) is 23.4. The maximum atomic E-state index is 13.1. The van der Waals surface area contributed by atoms with Crippen molar-refractivity contribution in [2.45, 2.75) is 13.0 Å². The molecule has 8 heteroatoms. The van der Waals surface area contributed by atoms with Gasteiger partial charge in [0.1, 0.15) is 11.5 Å². The molecular formula is C24H28N2O6. The number of Topliss-reactive ketones (excluding diaryl/α,β-unsaturated/α-hetero) is 1. The van der Waals surface area contributed by atoms with Crippen molar-refractivity contribution in [2.24, 2.45) is 0 Å². The van der Waals surface area contributed by atoms with Crippen molar-refractivity contribution in [3.05, 3.63) is 59.2 Å². The number of methoxy groups -OCH3 is 1. The monoisotopic (exact) mass is 440 g/mol. The zero-order valence-electron chi connectivity index (χ0n) is 18.7. The molecule has 1 saturated heterocycles. The second-order valence-corrected chi connectivity index (χ2v) is 7.69. The molecule has 1 atom stereocenters. The molecule has 3 rings (SSSR count). The molecule has 1 aliphatic heterocycles. The van der Waals surface area contributed by atoms with Crippen LogP contribution in [0.5, 0.6) is 17.2 Å². The highest BCUT2D eigenvalue weighted by molar-refractivity contribution is 6.46. The van der Waals surface area contributed by atoms with Gasteiger partial charge in [-0.05, 0) is 50.8 Å². The van der Waals surface area contributed by atoms with Gasteiger partial charge in [-0.2, -0.15) is 0 Å². The molecular weight excluding hydrogens is 412 g/mol. The average Bonchev–Trinajstić information content (AvgIpc) is 3.03. The summed E-state index contributed by atoms with van der Waals surface area (Å²) in [5.41, 5.74) is 0.896. The molecule has 1 heterocycles. The molecule has 0 aliphatic carbocycles. The van der Waals surface area contributed by atoms with Gasteiger partial charge in [0.05, 0.1) is 25.3 Å².